The predicted molar refractivity (Wildman–Crippen MR) is 54.0 cm³/mol. The van der Waals surface area contributed by atoms with Gasteiger partial charge in [0.15, 0.2) is 6.29 Å². The summed E-state index contributed by atoms with van der Waals surface area (Å²) in [5.74, 6) is 0. The highest BCUT2D eigenvalue weighted by Gasteiger charge is 2.14. The maximum Gasteiger partial charge on any atom is 0.171 e. The molecule has 0 aliphatic carbocycles. The molecule has 0 saturated carbocycles. The molecule has 0 radical (unpaired) electrons. The predicted octanol–water partition coefficient (Wildman–Crippen LogP) is 0.635. The lowest BCUT2D eigenvalue weighted by atomic mass is 10.3. The minimum atomic E-state index is -0.235. The van der Waals surface area contributed by atoms with Crippen LogP contribution in [-0.2, 0) is 16.0 Å². The standard InChI is InChI=1S/C8H15N3O2S/c1-6(8(12-2)13-3)9-4-7-5-14-11-10-7/h5-6,8-9H,4H2,1-3H3. The molecule has 80 valence electrons. The molecule has 0 amide bonds. The third-order valence-electron chi connectivity index (χ3n) is 1.88. The maximum absolute atomic E-state index is 5.11. The zero-order valence-electron chi connectivity index (χ0n) is 8.56. The summed E-state index contributed by atoms with van der Waals surface area (Å²) < 4.78 is 14.0. The molecule has 5 nitrogen and oxygen atoms in total. The van der Waals surface area contributed by atoms with E-state index in [0.717, 1.165) is 5.69 Å². The van der Waals surface area contributed by atoms with Crippen LogP contribution in [0, 0.1) is 0 Å². The summed E-state index contributed by atoms with van der Waals surface area (Å²) in [6.45, 7) is 2.68. The van der Waals surface area contributed by atoms with E-state index in [0.29, 0.717) is 6.54 Å². The molecule has 1 aromatic rings. The number of nitrogens with zero attached hydrogens (tertiary/aromatic N) is 2. The van der Waals surface area contributed by atoms with E-state index in [4.69, 9.17) is 9.47 Å². The molecule has 0 saturated heterocycles. The molecule has 6 heteroatoms. The summed E-state index contributed by atoms with van der Waals surface area (Å²) in [5, 5.41) is 9.08. The van der Waals surface area contributed by atoms with E-state index in [9.17, 15) is 0 Å². The van der Waals surface area contributed by atoms with Crippen molar-refractivity contribution in [1.29, 1.82) is 0 Å². The highest BCUT2D eigenvalue weighted by molar-refractivity contribution is 7.03. The van der Waals surface area contributed by atoms with Gasteiger partial charge in [-0.25, -0.2) is 0 Å². The van der Waals surface area contributed by atoms with Crippen molar-refractivity contribution in [3.63, 3.8) is 0 Å². The highest BCUT2D eigenvalue weighted by Crippen LogP contribution is 2.01. The van der Waals surface area contributed by atoms with Crippen molar-refractivity contribution >= 4 is 11.5 Å². The molecule has 1 rings (SSSR count). The average Bonchev–Trinajstić information content (AvgIpc) is 2.69. The fourth-order valence-corrected chi connectivity index (χ4v) is 1.58. The van der Waals surface area contributed by atoms with Crippen molar-refractivity contribution in [3.05, 3.63) is 11.1 Å². The fraction of sp³-hybridized carbons (Fsp3) is 0.750. The van der Waals surface area contributed by atoms with Crippen LogP contribution in [0.2, 0.25) is 0 Å². The number of hydrogen-bond donors (Lipinski definition) is 1. The van der Waals surface area contributed by atoms with E-state index in [2.05, 4.69) is 14.9 Å². The molecule has 0 aliphatic heterocycles. The van der Waals surface area contributed by atoms with Crippen LogP contribution in [0.5, 0.6) is 0 Å². The molecule has 1 atom stereocenters. The molecule has 14 heavy (non-hydrogen) atoms. The third kappa shape index (κ3) is 3.30. The smallest absolute Gasteiger partial charge is 0.171 e. The lowest BCUT2D eigenvalue weighted by Gasteiger charge is -2.21. The van der Waals surface area contributed by atoms with E-state index < -0.39 is 0 Å². The monoisotopic (exact) mass is 217 g/mol. The van der Waals surface area contributed by atoms with Crippen molar-refractivity contribution in [3.8, 4) is 0 Å². The van der Waals surface area contributed by atoms with Crippen molar-refractivity contribution in [2.75, 3.05) is 14.2 Å². The Balaban J connectivity index is 2.30. The van der Waals surface area contributed by atoms with Crippen LogP contribution in [0.3, 0.4) is 0 Å². The minimum Gasteiger partial charge on any atom is -0.354 e. The van der Waals surface area contributed by atoms with Crippen LogP contribution in [0.4, 0.5) is 0 Å². The van der Waals surface area contributed by atoms with Crippen LogP contribution in [0.15, 0.2) is 5.38 Å². The van der Waals surface area contributed by atoms with Crippen molar-refractivity contribution in [2.45, 2.75) is 25.8 Å². The second-order valence-electron chi connectivity index (χ2n) is 2.91. The van der Waals surface area contributed by atoms with Gasteiger partial charge in [0.2, 0.25) is 0 Å². The Morgan fingerprint density at radius 3 is 2.71 bits per heavy atom. The molecule has 0 fully saturated rings. The lowest BCUT2D eigenvalue weighted by molar-refractivity contribution is -0.119. The summed E-state index contributed by atoms with van der Waals surface area (Å²) in [6.07, 6.45) is -0.235. The maximum atomic E-state index is 5.11. The van der Waals surface area contributed by atoms with E-state index in [1.54, 1.807) is 14.2 Å². The third-order valence-corrected chi connectivity index (χ3v) is 2.44. The first kappa shape index (κ1) is 11.5. The molecule has 0 bridgehead atoms. The summed E-state index contributed by atoms with van der Waals surface area (Å²) in [6, 6.07) is 0.117. The number of ether oxygens (including phenoxy) is 2. The summed E-state index contributed by atoms with van der Waals surface area (Å²) in [7, 11) is 3.24. The zero-order chi connectivity index (χ0) is 10.4. The molecule has 0 spiro atoms. The van der Waals surface area contributed by atoms with E-state index in [1.165, 1.54) is 11.5 Å². The Kier molecular flexibility index (Phi) is 4.95. The van der Waals surface area contributed by atoms with Crippen LogP contribution in [0.25, 0.3) is 0 Å². The quantitative estimate of drug-likeness (QED) is 0.708. The molecule has 0 aromatic carbocycles. The van der Waals surface area contributed by atoms with Gasteiger partial charge in [-0.2, -0.15) is 0 Å². The fourth-order valence-electron chi connectivity index (χ4n) is 1.13. The molecule has 1 aromatic heterocycles. The topological polar surface area (TPSA) is 56.3 Å². The number of methoxy groups -OCH3 is 2. The number of hydrogen-bond acceptors (Lipinski definition) is 6. The number of aromatic nitrogens is 2. The summed E-state index contributed by atoms with van der Waals surface area (Å²) >= 11 is 1.35. The zero-order valence-corrected chi connectivity index (χ0v) is 9.37. The number of rotatable bonds is 6. The van der Waals surface area contributed by atoms with Gasteiger partial charge in [-0.15, -0.1) is 5.10 Å². The first-order valence-electron chi connectivity index (χ1n) is 4.32. The van der Waals surface area contributed by atoms with Gasteiger partial charge in [-0.1, -0.05) is 4.49 Å². The molecule has 0 aliphatic rings. The second-order valence-corrected chi connectivity index (χ2v) is 3.52. The Labute approximate surface area is 87.6 Å². The van der Waals surface area contributed by atoms with E-state index >= 15 is 0 Å². The van der Waals surface area contributed by atoms with Gasteiger partial charge in [-0.3, -0.25) is 0 Å². The Bertz CT molecular complexity index is 239. The van der Waals surface area contributed by atoms with Gasteiger partial charge in [0.1, 0.15) is 0 Å². The van der Waals surface area contributed by atoms with Gasteiger partial charge in [0, 0.05) is 26.1 Å². The van der Waals surface area contributed by atoms with Crippen molar-refractivity contribution in [1.82, 2.24) is 14.9 Å². The normalized spacial score (nSPS) is 13.4. The van der Waals surface area contributed by atoms with Gasteiger partial charge in [0.25, 0.3) is 0 Å². The van der Waals surface area contributed by atoms with Crippen molar-refractivity contribution in [2.24, 2.45) is 0 Å². The molecule has 1 heterocycles. The van der Waals surface area contributed by atoms with Gasteiger partial charge in [0.05, 0.1) is 11.7 Å². The van der Waals surface area contributed by atoms with Crippen LogP contribution < -0.4 is 5.32 Å². The summed E-state index contributed by atoms with van der Waals surface area (Å²) in [4.78, 5) is 0. The van der Waals surface area contributed by atoms with Crippen LogP contribution in [-0.4, -0.2) is 36.1 Å². The first-order chi connectivity index (χ1) is 6.77. The molecule has 1 unspecified atom stereocenters. The SMILES string of the molecule is COC(OC)C(C)NCc1csnn1. The molecule has 1 N–H and O–H groups in total. The van der Waals surface area contributed by atoms with Crippen LogP contribution in [0.1, 0.15) is 12.6 Å². The minimum absolute atomic E-state index is 0.117. The molecular weight excluding hydrogens is 202 g/mol. The van der Waals surface area contributed by atoms with Crippen molar-refractivity contribution < 1.29 is 9.47 Å². The highest BCUT2D eigenvalue weighted by atomic mass is 32.1. The Morgan fingerprint density at radius 2 is 2.21 bits per heavy atom. The van der Waals surface area contributed by atoms with Crippen LogP contribution >= 0.6 is 11.5 Å². The number of nitrogens with one attached hydrogen (secondary N) is 1. The Morgan fingerprint density at radius 1 is 1.50 bits per heavy atom. The Hall–Kier alpha value is -0.560. The van der Waals surface area contributed by atoms with Gasteiger partial charge >= 0.3 is 0 Å². The summed E-state index contributed by atoms with van der Waals surface area (Å²) in [5.41, 5.74) is 0.938. The lowest BCUT2D eigenvalue weighted by Crippen LogP contribution is -2.39. The molecular formula is C8H15N3O2S. The van der Waals surface area contributed by atoms with E-state index in [1.807, 2.05) is 12.3 Å². The van der Waals surface area contributed by atoms with E-state index in [-0.39, 0.29) is 12.3 Å². The second kappa shape index (κ2) is 6.02. The van der Waals surface area contributed by atoms with Gasteiger partial charge < -0.3 is 14.8 Å². The average molecular weight is 217 g/mol. The van der Waals surface area contributed by atoms with Gasteiger partial charge in [-0.05, 0) is 18.5 Å². The first-order valence-corrected chi connectivity index (χ1v) is 5.16. The largest absolute Gasteiger partial charge is 0.354 e.